The van der Waals surface area contributed by atoms with Crippen molar-refractivity contribution in [1.29, 1.82) is 0 Å². The second-order valence-corrected chi connectivity index (χ2v) is 5.77. The van der Waals surface area contributed by atoms with Crippen molar-refractivity contribution in [3.8, 4) is 0 Å². The highest BCUT2D eigenvalue weighted by Crippen LogP contribution is 2.33. The second-order valence-electron chi connectivity index (χ2n) is 5.77. The molecule has 0 heterocycles. The minimum atomic E-state index is -0.0117. The van der Waals surface area contributed by atoms with E-state index in [4.69, 9.17) is 0 Å². The predicted molar refractivity (Wildman–Crippen MR) is 80.9 cm³/mol. The number of carbonyl (C=O) groups is 1. The molecule has 0 aliphatic rings. The van der Waals surface area contributed by atoms with E-state index in [2.05, 4.69) is 20.8 Å². The zero-order valence-electron chi connectivity index (χ0n) is 13.2. The highest BCUT2D eigenvalue weighted by Gasteiger charge is 2.30. The summed E-state index contributed by atoms with van der Waals surface area (Å²) in [7, 11) is 0. The predicted octanol–water partition coefficient (Wildman–Crippen LogP) is 5.91. The standard InChI is InChI=1S/C17H34O/c1-5-8-9-10-11-12-13-14-15-17(6-2,7-3)16(4)18/h5-15H2,1-4H3. The third-order valence-corrected chi connectivity index (χ3v) is 4.61. The summed E-state index contributed by atoms with van der Waals surface area (Å²) in [6.45, 7) is 8.36. The number of Topliss-reactive ketones (excluding diaryl/α,β-unsaturated/α-hetero) is 1. The van der Waals surface area contributed by atoms with Crippen molar-refractivity contribution in [2.24, 2.45) is 5.41 Å². The maximum Gasteiger partial charge on any atom is 0.135 e. The van der Waals surface area contributed by atoms with Gasteiger partial charge in [-0.25, -0.2) is 0 Å². The van der Waals surface area contributed by atoms with E-state index in [1.807, 2.05) is 0 Å². The summed E-state index contributed by atoms with van der Waals surface area (Å²) in [5.74, 6) is 0.399. The Bertz CT molecular complexity index is 204. The summed E-state index contributed by atoms with van der Waals surface area (Å²) in [5, 5.41) is 0. The largest absolute Gasteiger partial charge is 0.299 e. The first-order chi connectivity index (χ1) is 8.63. The fraction of sp³-hybridized carbons (Fsp3) is 0.941. The maximum absolute atomic E-state index is 11.8. The molecule has 1 nitrogen and oxygen atoms in total. The molecule has 0 aromatic heterocycles. The van der Waals surface area contributed by atoms with Gasteiger partial charge in [-0.2, -0.15) is 0 Å². The average molecular weight is 254 g/mol. The van der Waals surface area contributed by atoms with Gasteiger partial charge in [-0.05, 0) is 26.2 Å². The number of ketones is 1. The highest BCUT2D eigenvalue weighted by molar-refractivity contribution is 5.82. The van der Waals surface area contributed by atoms with E-state index in [-0.39, 0.29) is 5.41 Å². The smallest absolute Gasteiger partial charge is 0.135 e. The minimum absolute atomic E-state index is 0.0117. The normalized spacial score (nSPS) is 11.8. The molecule has 0 unspecified atom stereocenters. The van der Waals surface area contributed by atoms with Crippen LogP contribution in [0, 0.1) is 5.41 Å². The molecule has 0 amide bonds. The van der Waals surface area contributed by atoms with Crippen LogP contribution in [0.3, 0.4) is 0 Å². The summed E-state index contributed by atoms with van der Waals surface area (Å²) < 4.78 is 0. The Hall–Kier alpha value is -0.330. The molecule has 1 heteroatoms. The van der Waals surface area contributed by atoms with Gasteiger partial charge in [0, 0.05) is 5.41 Å². The van der Waals surface area contributed by atoms with E-state index in [1.165, 1.54) is 51.4 Å². The molecule has 0 aliphatic heterocycles. The van der Waals surface area contributed by atoms with Crippen molar-refractivity contribution >= 4 is 5.78 Å². The molecule has 0 N–H and O–H groups in total. The van der Waals surface area contributed by atoms with Gasteiger partial charge in [-0.3, -0.25) is 4.79 Å². The molecule has 0 bridgehead atoms. The Morgan fingerprint density at radius 2 is 1.22 bits per heavy atom. The van der Waals surface area contributed by atoms with E-state index in [1.54, 1.807) is 6.92 Å². The third kappa shape index (κ3) is 6.56. The van der Waals surface area contributed by atoms with Gasteiger partial charge in [0.1, 0.15) is 5.78 Å². The van der Waals surface area contributed by atoms with Gasteiger partial charge >= 0.3 is 0 Å². The van der Waals surface area contributed by atoms with E-state index in [0.29, 0.717) is 5.78 Å². The zero-order chi connectivity index (χ0) is 13.9. The molecule has 0 spiro atoms. The van der Waals surface area contributed by atoms with Crippen molar-refractivity contribution in [2.75, 3.05) is 0 Å². The van der Waals surface area contributed by atoms with Crippen molar-refractivity contribution in [1.82, 2.24) is 0 Å². The fourth-order valence-electron chi connectivity index (χ4n) is 2.87. The van der Waals surface area contributed by atoms with Crippen LogP contribution in [0.2, 0.25) is 0 Å². The van der Waals surface area contributed by atoms with Crippen LogP contribution in [0.15, 0.2) is 0 Å². The van der Waals surface area contributed by atoms with E-state index in [9.17, 15) is 4.79 Å². The van der Waals surface area contributed by atoms with Crippen molar-refractivity contribution < 1.29 is 4.79 Å². The minimum Gasteiger partial charge on any atom is -0.299 e. The van der Waals surface area contributed by atoms with Crippen molar-refractivity contribution in [2.45, 2.75) is 98.3 Å². The number of hydrogen-bond donors (Lipinski definition) is 0. The van der Waals surface area contributed by atoms with Gasteiger partial charge in [-0.15, -0.1) is 0 Å². The van der Waals surface area contributed by atoms with Gasteiger partial charge in [0.05, 0.1) is 0 Å². The molecule has 18 heavy (non-hydrogen) atoms. The number of hydrogen-bond acceptors (Lipinski definition) is 1. The van der Waals surface area contributed by atoms with Crippen LogP contribution in [0.25, 0.3) is 0 Å². The average Bonchev–Trinajstić information content (AvgIpc) is 2.37. The molecule has 0 radical (unpaired) electrons. The first-order valence-corrected chi connectivity index (χ1v) is 8.14. The second kappa shape index (κ2) is 10.6. The number of rotatable bonds is 12. The van der Waals surface area contributed by atoms with Crippen LogP contribution in [-0.2, 0) is 4.79 Å². The van der Waals surface area contributed by atoms with E-state index >= 15 is 0 Å². The lowest BCUT2D eigenvalue weighted by atomic mass is 9.74. The molecule has 0 aromatic rings. The molecule has 0 atom stereocenters. The molecule has 0 aliphatic carbocycles. The molecule has 0 fully saturated rings. The Kier molecular flexibility index (Phi) is 10.4. The topological polar surface area (TPSA) is 17.1 Å². The Morgan fingerprint density at radius 3 is 1.61 bits per heavy atom. The summed E-state index contributed by atoms with van der Waals surface area (Å²) in [4.78, 5) is 11.8. The van der Waals surface area contributed by atoms with Crippen LogP contribution in [0.4, 0.5) is 0 Å². The monoisotopic (exact) mass is 254 g/mol. The first kappa shape index (κ1) is 17.7. The summed E-state index contributed by atoms with van der Waals surface area (Å²) in [5.41, 5.74) is -0.0117. The molecule has 0 aromatic carbocycles. The molecule has 0 rings (SSSR count). The SMILES string of the molecule is CCCCCCCCCCC(CC)(CC)C(C)=O. The lowest BCUT2D eigenvalue weighted by Crippen LogP contribution is -2.27. The first-order valence-electron chi connectivity index (χ1n) is 8.14. The lowest BCUT2D eigenvalue weighted by molar-refractivity contribution is -0.127. The number of carbonyl (C=O) groups excluding carboxylic acids is 1. The maximum atomic E-state index is 11.8. The third-order valence-electron chi connectivity index (χ3n) is 4.61. The number of unbranched alkanes of at least 4 members (excludes halogenated alkanes) is 7. The van der Waals surface area contributed by atoms with Gasteiger partial charge in [0.2, 0.25) is 0 Å². The molecule has 0 saturated heterocycles. The Labute approximate surface area is 115 Å². The molecule has 108 valence electrons. The van der Waals surface area contributed by atoms with Crippen LogP contribution in [-0.4, -0.2) is 5.78 Å². The van der Waals surface area contributed by atoms with Crippen LogP contribution < -0.4 is 0 Å². The van der Waals surface area contributed by atoms with Gasteiger partial charge in [-0.1, -0.05) is 72.1 Å². The van der Waals surface area contributed by atoms with Crippen molar-refractivity contribution in [3.05, 3.63) is 0 Å². The highest BCUT2D eigenvalue weighted by atomic mass is 16.1. The van der Waals surface area contributed by atoms with Crippen LogP contribution >= 0.6 is 0 Å². The summed E-state index contributed by atoms with van der Waals surface area (Å²) in [6.07, 6.45) is 13.9. The van der Waals surface area contributed by atoms with Crippen LogP contribution in [0.5, 0.6) is 0 Å². The molecule has 0 saturated carbocycles. The van der Waals surface area contributed by atoms with Gasteiger partial charge < -0.3 is 0 Å². The fourth-order valence-corrected chi connectivity index (χ4v) is 2.87. The van der Waals surface area contributed by atoms with E-state index in [0.717, 1.165) is 19.3 Å². The quantitative estimate of drug-likeness (QED) is 0.395. The van der Waals surface area contributed by atoms with Gasteiger partial charge in [0.25, 0.3) is 0 Å². The zero-order valence-corrected chi connectivity index (χ0v) is 13.2. The van der Waals surface area contributed by atoms with E-state index < -0.39 is 0 Å². The Morgan fingerprint density at radius 1 is 0.778 bits per heavy atom. The summed E-state index contributed by atoms with van der Waals surface area (Å²) >= 11 is 0. The Balaban J connectivity index is 3.65. The van der Waals surface area contributed by atoms with Crippen molar-refractivity contribution in [3.63, 3.8) is 0 Å². The van der Waals surface area contributed by atoms with Gasteiger partial charge in [0.15, 0.2) is 0 Å². The lowest BCUT2D eigenvalue weighted by Gasteiger charge is -2.28. The van der Waals surface area contributed by atoms with Crippen LogP contribution in [0.1, 0.15) is 98.3 Å². The molecular formula is C17H34O. The summed E-state index contributed by atoms with van der Waals surface area (Å²) in [6, 6.07) is 0. The molecular weight excluding hydrogens is 220 g/mol.